The van der Waals surface area contributed by atoms with E-state index in [9.17, 15) is 0 Å². The first-order valence-corrected chi connectivity index (χ1v) is 8.11. The predicted molar refractivity (Wildman–Crippen MR) is 82.1 cm³/mol. The van der Waals surface area contributed by atoms with Gasteiger partial charge < -0.3 is 0 Å². The summed E-state index contributed by atoms with van der Waals surface area (Å²) in [6.45, 7) is 6.17. The van der Waals surface area contributed by atoms with Crippen molar-refractivity contribution in [2.24, 2.45) is 5.92 Å². The zero-order chi connectivity index (χ0) is 12.8. The van der Waals surface area contributed by atoms with Crippen LogP contribution in [-0.4, -0.2) is 8.80 Å². The van der Waals surface area contributed by atoms with Gasteiger partial charge in [0.1, 0.15) is 0 Å². The van der Waals surface area contributed by atoms with Crippen LogP contribution in [0.1, 0.15) is 6.92 Å². The van der Waals surface area contributed by atoms with Crippen LogP contribution < -0.4 is 29.2 Å². The summed E-state index contributed by atoms with van der Waals surface area (Å²) in [5, 5.41) is 2.98. The first-order chi connectivity index (χ1) is 8.81. The monoisotopic (exact) mass is 258 g/mol. The molecule has 0 fully saturated rings. The van der Waals surface area contributed by atoms with E-state index in [0.717, 1.165) is 0 Å². The van der Waals surface area contributed by atoms with Crippen molar-refractivity contribution < 1.29 is 18.9 Å². The Bertz CT molecular complexity index is 442. The summed E-state index contributed by atoms with van der Waals surface area (Å²) < 4.78 is 0. The van der Waals surface area contributed by atoms with E-state index in [1.165, 1.54) is 16.4 Å². The first-order valence-electron chi connectivity index (χ1n) is 6.40. The molecule has 0 aromatic heterocycles. The van der Waals surface area contributed by atoms with E-state index in [1.807, 2.05) is 0 Å². The molecule has 0 spiro atoms. The van der Waals surface area contributed by atoms with Crippen molar-refractivity contribution in [2.75, 3.05) is 0 Å². The summed E-state index contributed by atoms with van der Waals surface area (Å²) in [5.74, 6) is 0.569. The molecule has 0 amide bonds. The topological polar surface area (TPSA) is 0 Å². The number of hydrogen-bond donors (Lipinski definition) is 0. The summed E-state index contributed by atoms with van der Waals surface area (Å²) >= 11 is 0. The van der Waals surface area contributed by atoms with Crippen molar-refractivity contribution in [3.63, 3.8) is 0 Å². The van der Waals surface area contributed by atoms with Crippen molar-refractivity contribution in [1.29, 1.82) is 0 Å². The Kier molecular flexibility index (Phi) is 6.95. The van der Waals surface area contributed by atoms with Crippen LogP contribution in [0, 0.1) is 5.92 Å². The van der Waals surface area contributed by atoms with Gasteiger partial charge in [0.2, 0.25) is 0 Å². The van der Waals surface area contributed by atoms with Crippen LogP contribution in [0.25, 0.3) is 0 Å². The standard InChI is InChI=1S/C17H19Si.Li/c1-3-15(2)14-18(16-10-6-4-7-11-16)17-12-8-5-9-13-17;/h3-13,15H,1,14H2,2H3;/q-1;+1. The maximum atomic E-state index is 3.92. The fourth-order valence-corrected chi connectivity index (χ4v) is 4.89. The van der Waals surface area contributed by atoms with Crippen LogP contribution in [0.15, 0.2) is 73.3 Å². The Hall–Kier alpha value is -1.01. The minimum absolute atomic E-state index is 0. The van der Waals surface area contributed by atoms with Crippen molar-refractivity contribution in [2.45, 2.75) is 13.0 Å². The molecule has 0 saturated heterocycles. The van der Waals surface area contributed by atoms with Gasteiger partial charge in [-0.1, -0.05) is 79.6 Å². The molecule has 0 N–H and O–H groups in total. The number of benzene rings is 2. The van der Waals surface area contributed by atoms with Crippen molar-refractivity contribution in [3.8, 4) is 0 Å². The van der Waals surface area contributed by atoms with E-state index in [1.54, 1.807) is 0 Å². The van der Waals surface area contributed by atoms with Crippen molar-refractivity contribution in [3.05, 3.63) is 73.3 Å². The number of hydrogen-bond acceptors (Lipinski definition) is 0. The molecular weight excluding hydrogens is 239 g/mol. The van der Waals surface area contributed by atoms with Crippen molar-refractivity contribution >= 4 is 19.2 Å². The van der Waals surface area contributed by atoms with Gasteiger partial charge in [-0.2, -0.15) is 16.4 Å². The van der Waals surface area contributed by atoms with E-state index >= 15 is 0 Å². The average Bonchev–Trinajstić information content (AvgIpc) is 2.46. The number of allylic oxidation sites excluding steroid dienone is 1. The van der Waals surface area contributed by atoms with Gasteiger partial charge in [-0.3, -0.25) is 8.80 Å². The second-order valence-electron chi connectivity index (χ2n) is 4.63. The van der Waals surface area contributed by atoms with Crippen molar-refractivity contribution in [1.82, 2.24) is 0 Å². The van der Waals surface area contributed by atoms with Gasteiger partial charge in [0.05, 0.1) is 0 Å². The van der Waals surface area contributed by atoms with E-state index in [0.29, 0.717) is 5.92 Å². The van der Waals surface area contributed by atoms with E-state index in [-0.39, 0.29) is 18.9 Å². The molecule has 0 saturated carbocycles. The van der Waals surface area contributed by atoms with Gasteiger partial charge in [0.25, 0.3) is 0 Å². The molecule has 0 heterocycles. The Morgan fingerprint density at radius 1 is 0.947 bits per heavy atom. The van der Waals surface area contributed by atoms with Crippen LogP contribution in [-0.2, 0) is 0 Å². The van der Waals surface area contributed by atoms with E-state index < -0.39 is 8.80 Å². The summed E-state index contributed by atoms with van der Waals surface area (Å²) in [4.78, 5) is 0. The summed E-state index contributed by atoms with van der Waals surface area (Å²) in [6, 6.07) is 23.0. The molecule has 1 atom stereocenters. The molecule has 1 unspecified atom stereocenters. The molecule has 2 aromatic rings. The molecule has 2 aromatic carbocycles. The summed E-state index contributed by atoms with van der Waals surface area (Å²) in [6.07, 6.45) is 2.07. The fraction of sp³-hybridized carbons (Fsp3) is 0.176. The van der Waals surface area contributed by atoms with Gasteiger partial charge in [-0.05, 0) is 0 Å². The molecular formula is C17H19LiSi. The maximum Gasteiger partial charge on any atom is 1.00 e. The van der Waals surface area contributed by atoms with Crippen LogP contribution in [0.5, 0.6) is 0 Å². The first kappa shape index (κ1) is 16.0. The quantitative estimate of drug-likeness (QED) is 0.528. The van der Waals surface area contributed by atoms with Gasteiger partial charge in [0.15, 0.2) is 0 Å². The Morgan fingerprint density at radius 3 is 1.74 bits per heavy atom. The largest absolute Gasteiger partial charge is 1.00 e. The SMILES string of the molecule is C=CC(C)C[Si-](c1ccccc1)c1ccccc1.[Li+]. The second kappa shape index (κ2) is 8.22. The molecule has 92 valence electrons. The molecule has 0 aliphatic heterocycles. The zero-order valence-corrected chi connectivity index (χ0v) is 12.8. The molecule has 2 rings (SSSR count). The third-order valence-electron chi connectivity index (χ3n) is 3.17. The second-order valence-corrected chi connectivity index (χ2v) is 7.15. The van der Waals surface area contributed by atoms with Gasteiger partial charge in [-0.15, -0.1) is 6.58 Å². The Balaban J connectivity index is 0.00000180. The molecule has 19 heavy (non-hydrogen) atoms. The van der Waals surface area contributed by atoms with Gasteiger partial charge >= 0.3 is 18.9 Å². The minimum Gasteiger partial charge on any atom is -0.251 e. The van der Waals surface area contributed by atoms with Crippen LogP contribution >= 0.6 is 0 Å². The fourth-order valence-electron chi connectivity index (χ4n) is 2.09. The van der Waals surface area contributed by atoms with Crippen LogP contribution in [0.3, 0.4) is 0 Å². The smallest absolute Gasteiger partial charge is 0.251 e. The Labute approximate surface area is 130 Å². The molecule has 0 aliphatic carbocycles. The third kappa shape index (κ3) is 4.54. The molecule has 0 aliphatic rings. The zero-order valence-electron chi connectivity index (χ0n) is 11.8. The third-order valence-corrected chi connectivity index (χ3v) is 6.29. The molecule has 0 nitrogen and oxygen atoms in total. The van der Waals surface area contributed by atoms with Crippen LogP contribution in [0.2, 0.25) is 6.04 Å². The Morgan fingerprint density at radius 2 is 1.37 bits per heavy atom. The van der Waals surface area contributed by atoms with Gasteiger partial charge in [-0.25, -0.2) is 0 Å². The molecule has 2 heteroatoms. The maximum absolute atomic E-state index is 3.92. The van der Waals surface area contributed by atoms with E-state index in [2.05, 4.69) is 80.2 Å². The predicted octanol–water partition coefficient (Wildman–Crippen LogP) is 0.122. The molecule has 0 bridgehead atoms. The average molecular weight is 258 g/mol. The number of rotatable bonds is 5. The summed E-state index contributed by atoms with van der Waals surface area (Å²) in [7, 11) is -0.682. The molecule has 0 radical (unpaired) electrons. The minimum atomic E-state index is -0.682. The summed E-state index contributed by atoms with van der Waals surface area (Å²) in [5.41, 5.74) is 0. The van der Waals surface area contributed by atoms with Gasteiger partial charge in [0, 0.05) is 0 Å². The normalized spacial score (nSPS) is 11.2. The van der Waals surface area contributed by atoms with Crippen LogP contribution in [0.4, 0.5) is 0 Å². The van der Waals surface area contributed by atoms with E-state index in [4.69, 9.17) is 0 Å².